The third-order valence-electron chi connectivity index (χ3n) is 8.82. The second kappa shape index (κ2) is 18.9. The average molecular weight is 918 g/mol. The first-order chi connectivity index (χ1) is 26.7. The number of carbonyl (C=O) groups is 2. The van der Waals surface area contributed by atoms with E-state index >= 15 is 0 Å². The van der Waals surface area contributed by atoms with Crippen LogP contribution in [0.25, 0.3) is 0 Å². The molecule has 19 atom stereocenters. The summed E-state index contributed by atoms with van der Waals surface area (Å²) in [6.45, 7) is -3.20. The molecule has 14 N–H and O–H groups in total. The fourth-order valence-electron chi connectivity index (χ4n) is 6.23. The van der Waals surface area contributed by atoms with E-state index in [4.69, 9.17) is 33.2 Å². The molecule has 338 valence electrons. The first-order valence-corrected chi connectivity index (χ1v) is 20.2. The van der Waals surface area contributed by atoms with Crippen LogP contribution in [0.1, 0.15) is 0 Å². The summed E-state index contributed by atoms with van der Waals surface area (Å²) in [5, 5.41) is 103. The predicted molar refractivity (Wildman–Crippen MR) is 167 cm³/mol. The van der Waals surface area contributed by atoms with Crippen LogP contribution in [-0.2, 0) is 82.2 Å². The van der Waals surface area contributed by atoms with Crippen molar-refractivity contribution < 1.29 is 141 Å². The normalized spacial score (nSPS) is 42.9. The van der Waals surface area contributed by atoms with Gasteiger partial charge in [0.25, 0.3) is 0 Å². The molecule has 0 amide bonds. The van der Waals surface area contributed by atoms with E-state index in [9.17, 15) is 99.6 Å². The quantitative estimate of drug-likeness (QED) is 0.0602. The molecule has 4 saturated heterocycles. The van der Waals surface area contributed by atoms with Gasteiger partial charge in [0, 0.05) is 0 Å². The van der Waals surface area contributed by atoms with E-state index in [1.807, 2.05) is 0 Å². The van der Waals surface area contributed by atoms with Crippen molar-refractivity contribution in [2.45, 2.75) is 116 Å². The number of carboxylic acids is 2. The lowest BCUT2D eigenvalue weighted by Gasteiger charge is -2.49. The van der Waals surface area contributed by atoms with Crippen LogP contribution in [0, 0.1) is 0 Å². The van der Waals surface area contributed by atoms with Crippen molar-refractivity contribution in [3.63, 3.8) is 0 Å². The highest BCUT2D eigenvalue weighted by molar-refractivity contribution is 7.83. The Morgan fingerprint density at radius 1 is 0.534 bits per heavy atom. The number of hydrogen-bond donors (Lipinski definition) is 14. The second-order valence-electron chi connectivity index (χ2n) is 12.7. The molecule has 0 radical (unpaired) electrons. The fraction of sp³-hybridized carbons (Fsp3) is 0.917. The number of hydrogen-bond acceptors (Lipinski definition) is 25. The van der Waals surface area contributed by atoms with Gasteiger partial charge in [0.1, 0.15) is 79.3 Å². The highest BCUT2D eigenvalue weighted by Crippen LogP contribution is 2.35. The SMILES string of the molecule is O=C(O)[C@@H]1O[C@@H](O[C@H]2[C@H](O)[C@@H](NS(=O)(=O)O)[C@@H](O[C@H]3[C@H](O)[C@@H](O)[C@H](O[C@H]4[C@H](O)[C@@H](CO)O[C@@H]4CO)O[C@H]3C(=O)O)O[C@@H]2COS(=O)(=O)O)[C@H](OS(=O)(=O)O)[C@@H](O)[C@@H]1O. The molecule has 0 aromatic heterocycles. The van der Waals surface area contributed by atoms with Gasteiger partial charge in [-0.05, 0) is 0 Å². The maximum atomic E-state index is 12.4. The fourth-order valence-corrected chi connectivity index (χ4v) is 7.61. The van der Waals surface area contributed by atoms with Crippen molar-refractivity contribution in [1.82, 2.24) is 4.72 Å². The highest BCUT2D eigenvalue weighted by atomic mass is 32.3. The molecular formula is C24H39NO30S3. The predicted octanol–water partition coefficient (Wildman–Crippen LogP) is -9.83. The van der Waals surface area contributed by atoms with Gasteiger partial charge < -0.3 is 84.2 Å². The third kappa shape index (κ3) is 11.6. The monoisotopic (exact) mass is 917 g/mol. The number of aliphatic hydroxyl groups is 8. The van der Waals surface area contributed by atoms with Crippen molar-refractivity contribution in [3.05, 3.63) is 0 Å². The summed E-state index contributed by atoms with van der Waals surface area (Å²) in [4.78, 5) is 24.1. The summed E-state index contributed by atoms with van der Waals surface area (Å²) in [5.74, 6) is -4.08. The van der Waals surface area contributed by atoms with Gasteiger partial charge in [-0.3, -0.25) is 13.7 Å². The van der Waals surface area contributed by atoms with Gasteiger partial charge >= 0.3 is 43.0 Å². The van der Waals surface area contributed by atoms with Gasteiger partial charge in [0.15, 0.2) is 37.2 Å². The minimum Gasteiger partial charge on any atom is -0.479 e. The molecule has 0 aliphatic carbocycles. The van der Waals surface area contributed by atoms with E-state index in [-0.39, 0.29) is 0 Å². The van der Waals surface area contributed by atoms with Gasteiger partial charge in [0.05, 0.1) is 19.8 Å². The average Bonchev–Trinajstić information content (AvgIpc) is 3.41. The topological polar surface area (TPSA) is 495 Å². The van der Waals surface area contributed by atoms with E-state index in [1.54, 1.807) is 0 Å². The Morgan fingerprint density at radius 2 is 1.05 bits per heavy atom. The zero-order valence-corrected chi connectivity index (χ0v) is 31.0. The van der Waals surface area contributed by atoms with Crippen LogP contribution >= 0.6 is 0 Å². The van der Waals surface area contributed by atoms with Crippen LogP contribution in [0.5, 0.6) is 0 Å². The Kier molecular flexibility index (Phi) is 15.9. The Morgan fingerprint density at radius 3 is 1.57 bits per heavy atom. The summed E-state index contributed by atoms with van der Waals surface area (Å²) in [7, 11) is -16.7. The minimum absolute atomic E-state index is 0.795. The molecular weight excluding hydrogens is 878 g/mol. The van der Waals surface area contributed by atoms with E-state index in [0.29, 0.717) is 0 Å². The Hall–Kier alpha value is -2.05. The van der Waals surface area contributed by atoms with Crippen LogP contribution in [0.2, 0.25) is 0 Å². The second-order valence-corrected chi connectivity index (χ2v) is 16.0. The molecule has 58 heavy (non-hydrogen) atoms. The lowest BCUT2D eigenvalue weighted by atomic mass is 9.95. The lowest BCUT2D eigenvalue weighted by molar-refractivity contribution is -0.363. The van der Waals surface area contributed by atoms with Crippen molar-refractivity contribution in [2.75, 3.05) is 19.8 Å². The number of rotatable bonds is 17. The smallest absolute Gasteiger partial charge is 0.397 e. The summed E-state index contributed by atoms with van der Waals surface area (Å²) >= 11 is 0. The summed E-state index contributed by atoms with van der Waals surface area (Å²) in [5.41, 5.74) is 0. The largest absolute Gasteiger partial charge is 0.479 e. The molecule has 0 bridgehead atoms. The number of aliphatic hydroxyl groups excluding tert-OH is 8. The lowest BCUT2D eigenvalue weighted by Crippen LogP contribution is -2.70. The summed E-state index contributed by atoms with van der Waals surface area (Å²) in [6, 6.07) is -2.57. The maximum Gasteiger partial charge on any atom is 0.397 e. The van der Waals surface area contributed by atoms with Gasteiger partial charge in [-0.2, -0.15) is 30.0 Å². The van der Waals surface area contributed by atoms with E-state index in [2.05, 4.69) is 8.37 Å². The zero-order chi connectivity index (χ0) is 43.8. The molecule has 4 heterocycles. The van der Waals surface area contributed by atoms with E-state index < -0.39 is 179 Å². The van der Waals surface area contributed by atoms with Gasteiger partial charge in [-0.25, -0.2) is 18.0 Å². The molecule has 4 aliphatic heterocycles. The number of aliphatic carboxylic acids is 2. The first kappa shape index (κ1) is 48.6. The molecule has 4 aliphatic rings. The number of nitrogens with one attached hydrogen (secondary N) is 1. The van der Waals surface area contributed by atoms with Gasteiger partial charge in [0.2, 0.25) is 0 Å². The Balaban J connectivity index is 1.70. The maximum absolute atomic E-state index is 12.4. The standard InChI is InChI=1S/C24H39NO30S3/c26-1-4-8(28)14(5(2-27)48-4)50-23-13(33)12(32)16(19(54-23)21(36)37)52-22-7(25-56(38,39)40)9(29)15(6(49-22)3-47-57(41,42)43)51-24-18(55-58(44,45)46)11(31)10(30)17(53-24)20(34)35/h4-19,22-33H,1-3H2,(H,34,35)(H,36,37)(H,38,39,40)(H,41,42,43)(H,44,45,46)/t4-,5-,6-,7-,8-,9-,10+,11+,12-,13-,14-,15-,16+,17-,18-,19-,22-,23-,24-/m1/s1. The molecule has 0 aromatic rings. The van der Waals surface area contributed by atoms with Crippen molar-refractivity contribution in [1.29, 1.82) is 0 Å². The molecule has 0 spiro atoms. The minimum atomic E-state index is -5.66. The molecule has 4 rings (SSSR count). The molecule has 4 fully saturated rings. The Labute approximate surface area is 324 Å². The van der Waals surface area contributed by atoms with Crippen molar-refractivity contribution >= 4 is 43.0 Å². The van der Waals surface area contributed by atoms with Crippen LogP contribution in [0.3, 0.4) is 0 Å². The van der Waals surface area contributed by atoms with Gasteiger partial charge in [-0.15, -0.1) is 0 Å². The van der Waals surface area contributed by atoms with E-state index in [0.717, 1.165) is 0 Å². The molecule has 0 unspecified atom stereocenters. The first-order valence-electron chi connectivity index (χ1n) is 16.0. The van der Waals surface area contributed by atoms with Gasteiger partial charge in [-0.1, -0.05) is 0 Å². The number of carboxylic acid groups (broad SMARTS) is 2. The van der Waals surface area contributed by atoms with Crippen LogP contribution < -0.4 is 4.72 Å². The summed E-state index contributed by atoms with van der Waals surface area (Å²) < 4.78 is 145. The number of ether oxygens (including phenoxy) is 7. The molecule has 0 aromatic carbocycles. The molecule has 31 nitrogen and oxygen atoms in total. The molecule has 34 heteroatoms. The Bertz CT molecular complexity index is 1760. The van der Waals surface area contributed by atoms with Crippen LogP contribution in [0.4, 0.5) is 0 Å². The van der Waals surface area contributed by atoms with Crippen LogP contribution in [0.15, 0.2) is 0 Å². The summed E-state index contributed by atoms with van der Waals surface area (Å²) in [6.07, 6.45) is -41.4. The van der Waals surface area contributed by atoms with E-state index in [1.165, 1.54) is 4.72 Å². The van der Waals surface area contributed by atoms with Crippen molar-refractivity contribution in [3.8, 4) is 0 Å². The molecule has 0 saturated carbocycles. The highest BCUT2D eigenvalue weighted by Gasteiger charge is 2.58. The van der Waals surface area contributed by atoms with Crippen molar-refractivity contribution in [2.24, 2.45) is 0 Å². The zero-order valence-electron chi connectivity index (χ0n) is 28.6. The third-order valence-corrected chi connectivity index (χ3v) is 10.3. The van der Waals surface area contributed by atoms with Crippen LogP contribution in [-0.4, -0.2) is 238 Å².